The molecule has 0 saturated heterocycles. The molecular formula is C82H111N15O9S4Si. The summed E-state index contributed by atoms with van der Waals surface area (Å²) in [6.07, 6.45) is 24.9. The van der Waals surface area contributed by atoms with Crippen LogP contribution in [0.15, 0.2) is 66.4 Å². The van der Waals surface area contributed by atoms with Crippen LogP contribution < -0.4 is 27.0 Å². The first kappa shape index (κ1) is 84.9. The predicted octanol–water partition coefficient (Wildman–Crippen LogP) is 17.3. The average Bonchev–Trinajstić information content (AvgIpc) is 1.65. The van der Waals surface area contributed by atoms with Crippen molar-refractivity contribution in [2.45, 2.75) is 197 Å². The quantitative estimate of drug-likeness (QED) is 0.0349. The van der Waals surface area contributed by atoms with E-state index in [1.165, 1.54) is 98.6 Å². The maximum Gasteiger partial charge on any atom is 0.373 e. The van der Waals surface area contributed by atoms with Gasteiger partial charge in [0.15, 0.2) is 20.5 Å². The molecule has 596 valence electrons. The maximum atomic E-state index is 12.4. The van der Waals surface area contributed by atoms with Crippen molar-refractivity contribution in [1.29, 1.82) is 0 Å². The van der Waals surface area contributed by atoms with E-state index < -0.39 is 14.3 Å². The van der Waals surface area contributed by atoms with E-state index in [1.807, 2.05) is 29.3 Å². The van der Waals surface area contributed by atoms with Gasteiger partial charge in [0.05, 0.1) is 87.0 Å². The lowest BCUT2D eigenvalue weighted by molar-refractivity contribution is -0.191. The van der Waals surface area contributed by atoms with E-state index in [1.54, 1.807) is 75.7 Å². The number of allylic oxidation sites excluding steroid dienone is 2. The number of aromatic carboxylic acids is 1. The zero-order valence-electron chi connectivity index (χ0n) is 66.6. The average molecular weight is 1610 g/mol. The molecule has 7 aromatic heterocycles. The normalized spacial score (nSPS) is 18.4. The van der Waals surface area contributed by atoms with Crippen molar-refractivity contribution in [3.05, 3.63) is 125 Å². The monoisotopic (exact) mass is 1610 g/mol. The Bertz CT molecular complexity index is 4870. The number of aliphatic hydroxyl groups is 1. The molecule has 24 nitrogen and oxygen atoms in total. The number of ether oxygens (including phenoxy) is 1. The van der Waals surface area contributed by atoms with Gasteiger partial charge < -0.3 is 60.1 Å². The fourth-order valence-corrected chi connectivity index (χ4v) is 19.6. The molecule has 29 heteroatoms. The third kappa shape index (κ3) is 24.0. The molecule has 1 fully saturated rings. The van der Waals surface area contributed by atoms with Gasteiger partial charge in [0.2, 0.25) is 26.2 Å². The number of aryl methyl sites for hydroxylation is 8. The van der Waals surface area contributed by atoms with E-state index in [4.69, 9.17) is 54.6 Å². The summed E-state index contributed by atoms with van der Waals surface area (Å²) in [5, 5.41) is 34.1. The fourth-order valence-electron chi connectivity index (χ4n) is 14.1. The van der Waals surface area contributed by atoms with Crippen molar-refractivity contribution in [1.82, 2.24) is 53.9 Å². The second kappa shape index (κ2) is 39.8. The second-order valence-corrected chi connectivity index (χ2v) is 40.2. The van der Waals surface area contributed by atoms with Crippen molar-refractivity contribution in [3.63, 3.8) is 0 Å². The number of carbonyl (C=O) groups is 3. The molecule has 6 aliphatic carbocycles. The minimum Gasteiger partial charge on any atom is -0.548 e. The number of imidazole rings is 3. The van der Waals surface area contributed by atoms with Crippen molar-refractivity contribution in [2.75, 3.05) is 48.0 Å². The van der Waals surface area contributed by atoms with Crippen LogP contribution in [0.4, 0.5) is 38.4 Å². The second-order valence-electron chi connectivity index (χ2n) is 31.4. The van der Waals surface area contributed by atoms with Gasteiger partial charge in [0.1, 0.15) is 5.78 Å². The number of carboxylic acids is 1. The zero-order valence-corrected chi connectivity index (χ0v) is 70.9. The highest BCUT2D eigenvalue weighted by Gasteiger charge is 2.26. The van der Waals surface area contributed by atoms with Gasteiger partial charge in [-0.3, -0.25) is 9.59 Å². The zero-order chi connectivity index (χ0) is 79.6. The third-order valence-corrected chi connectivity index (χ3v) is 25.6. The number of carbonyl (C=O) groups excluding carboxylic acids is 4. The number of anilines is 7. The SMILES string of the molecule is CC1CC=C(O[Si](C)(C)C)CC1.CC1CCC(=O)CC1.CC1CCc2nc(N)sc2C1.CC1CCc2nc(Nc3nc4cc(C(=O)NCCOCCO)ccc4n3C)sc2C1.CC1CCc2nc(Nc3nc4cc(C(=O)O)ccc4n3C)sc2C1.CCc1ccc2c(c1)nc(Nc1nc3c(s1)CC(C)CC3)n2C.O=C=O. The molecule has 5 atom stereocenters. The van der Waals surface area contributed by atoms with E-state index in [9.17, 15) is 14.4 Å². The molecule has 5 unspecified atom stereocenters. The van der Waals surface area contributed by atoms with Crippen molar-refractivity contribution < 1.29 is 43.3 Å². The number of ketones is 1. The van der Waals surface area contributed by atoms with Crippen molar-refractivity contribution in [3.8, 4) is 0 Å². The molecule has 0 bridgehead atoms. The first-order chi connectivity index (χ1) is 53.1. The number of aromatic nitrogens is 10. The molecule has 1 amide bonds. The summed E-state index contributed by atoms with van der Waals surface area (Å²) in [6.45, 7) is 23.6. The fraction of sp³-hybridized carbons (Fsp3) is 0.524. The summed E-state index contributed by atoms with van der Waals surface area (Å²) in [4.78, 5) is 88.4. The van der Waals surface area contributed by atoms with Gasteiger partial charge in [-0.05, 0) is 224 Å². The number of Topliss-reactive ketones (excluding diaryl/α,β-unsaturated/α-hetero) is 1. The Labute approximate surface area is 668 Å². The van der Waals surface area contributed by atoms with Gasteiger partial charge in [-0.1, -0.05) is 54.5 Å². The Morgan fingerprint density at radius 2 is 0.955 bits per heavy atom. The summed E-state index contributed by atoms with van der Waals surface area (Å²) >= 11 is 6.84. The first-order valence-corrected chi connectivity index (χ1v) is 45.8. The van der Waals surface area contributed by atoms with Crippen LogP contribution in [0, 0.1) is 35.5 Å². The summed E-state index contributed by atoms with van der Waals surface area (Å²) < 4.78 is 17.1. The highest BCUT2D eigenvalue weighted by Crippen LogP contribution is 2.38. The number of amides is 1. The van der Waals surface area contributed by atoms with E-state index in [2.05, 4.69) is 140 Å². The summed E-state index contributed by atoms with van der Waals surface area (Å²) in [5.41, 5.74) is 18.1. The van der Waals surface area contributed by atoms with Crippen LogP contribution >= 0.6 is 45.3 Å². The number of nitrogen functional groups attached to an aromatic ring is 1. The van der Waals surface area contributed by atoms with Crippen LogP contribution in [0.2, 0.25) is 19.6 Å². The highest BCUT2D eigenvalue weighted by molar-refractivity contribution is 7.16. The van der Waals surface area contributed by atoms with E-state index in [-0.39, 0.29) is 30.8 Å². The summed E-state index contributed by atoms with van der Waals surface area (Å²) in [7, 11) is 4.58. The molecule has 0 radical (unpaired) electrons. The number of hydrogen-bond donors (Lipinski definition) is 7. The number of carboxylic acid groups (broad SMARTS) is 1. The number of benzene rings is 3. The lowest BCUT2D eigenvalue weighted by Crippen LogP contribution is -2.27. The molecule has 1 saturated carbocycles. The van der Waals surface area contributed by atoms with Gasteiger partial charge in [-0.2, -0.15) is 9.59 Å². The number of hydrogen-bond acceptors (Lipinski definition) is 23. The number of nitrogens with zero attached hydrogens (tertiary/aromatic N) is 10. The molecule has 16 rings (SSSR count). The van der Waals surface area contributed by atoms with E-state index in [0.29, 0.717) is 47.8 Å². The van der Waals surface area contributed by atoms with Crippen molar-refractivity contribution in [2.24, 2.45) is 56.7 Å². The van der Waals surface area contributed by atoms with E-state index in [0.717, 1.165) is 167 Å². The molecule has 8 N–H and O–H groups in total. The maximum absolute atomic E-state index is 12.4. The predicted molar refractivity (Wildman–Crippen MR) is 449 cm³/mol. The Morgan fingerprint density at radius 3 is 1.37 bits per heavy atom. The Hall–Kier alpha value is -8.54. The van der Waals surface area contributed by atoms with Crippen molar-refractivity contribution >= 4 is 149 Å². The van der Waals surface area contributed by atoms with Crippen LogP contribution in [0.3, 0.4) is 0 Å². The molecular weight excluding hydrogens is 1500 g/mol. The Balaban J connectivity index is 0.000000147. The smallest absolute Gasteiger partial charge is 0.373 e. The van der Waals surface area contributed by atoms with Crippen LogP contribution in [-0.2, 0) is 102 Å². The van der Waals surface area contributed by atoms with Crippen LogP contribution in [0.1, 0.15) is 188 Å². The minimum atomic E-state index is -1.33. The highest BCUT2D eigenvalue weighted by atomic mass is 32.1. The standard InChI is InChI=1S/C21H27N5O3S.C18H22N4S.C17H18N4O2S.C10H20OSi.C8H12N2S.C7H12O.CO2/c1-13-3-5-15-18(11-13)30-21(24-15)25-20-23-16-12-14(4-6-17(16)26(20)2)19(28)22-7-9-29-10-8-27;1-4-12-6-8-15-14(10-12)19-17(22(15)3)21-18-20-13-7-5-11(2)9-16(13)23-18;1-9-3-5-11-14(7-9)24-17(19-11)20-16-18-12-8-10(15(22)23)4-6-13(12)21(16)2;1-9-5-7-10(8-6-9)11-12(2,3)4;1-5-2-3-6-7(4-5)11-8(9)10-6;1-6-2-4-7(8)5-3-6;2-1-3/h4,6,12-13,27H,3,5,7-11H2,1-2H3,(H,22,28)(H,23,24,25);6,8,10-11H,4-5,7,9H2,1-3H3,(H,19,20,21);4,6,8-9H,3,5,7H2,1-2H3,(H,22,23)(H,18,19,20);7,9H,5-6,8H2,1-4H3;5H,2-4H2,1H3,(H2,9,10);6H,2-5H2,1H3;. The van der Waals surface area contributed by atoms with Gasteiger partial charge in [0.25, 0.3) is 5.91 Å². The number of aliphatic hydroxyl groups excluding tert-OH is 1. The molecule has 0 aliphatic heterocycles. The number of nitrogens with one attached hydrogen (secondary N) is 4. The number of fused-ring (bicyclic) bond motifs is 7. The number of rotatable bonds is 16. The van der Waals surface area contributed by atoms with Gasteiger partial charge in [-0.15, -0.1) is 45.3 Å². The topological polar surface area (TPSA) is 323 Å². The number of nitrogens with two attached hydrogens (primary N) is 1. The third-order valence-electron chi connectivity index (χ3n) is 20.7. The summed E-state index contributed by atoms with van der Waals surface area (Å²) in [6, 6.07) is 17.0. The first-order valence-electron chi connectivity index (χ1n) is 39.1. The van der Waals surface area contributed by atoms with Crippen LogP contribution in [0.5, 0.6) is 0 Å². The number of thiazole rings is 4. The Morgan fingerprint density at radius 1 is 0.550 bits per heavy atom. The Kier molecular flexibility index (Phi) is 30.4. The largest absolute Gasteiger partial charge is 0.548 e. The van der Waals surface area contributed by atoms with E-state index >= 15 is 0 Å². The van der Waals surface area contributed by atoms with Crippen LogP contribution in [0.25, 0.3) is 33.1 Å². The minimum absolute atomic E-state index is 0.0244. The molecule has 6 aliphatic rings. The lowest BCUT2D eigenvalue weighted by atomic mass is 9.90. The molecule has 3 aromatic carbocycles. The molecule has 10 aromatic rings. The summed E-state index contributed by atoms with van der Waals surface area (Å²) in [5.74, 6) is 7.54. The van der Waals surface area contributed by atoms with Gasteiger partial charge in [-0.25, -0.2) is 39.7 Å². The van der Waals surface area contributed by atoms with Gasteiger partial charge in [0, 0.05) is 72.0 Å². The van der Waals surface area contributed by atoms with Gasteiger partial charge >= 0.3 is 12.1 Å². The lowest BCUT2D eigenvalue weighted by Gasteiger charge is -2.25. The molecule has 7 heterocycles. The molecule has 0 spiro atoms. The molecule has 111 heavy (non-hydrogen) atoms. The van der Waals surface area contributed by atoms with Crippen LogP contribution in [-0.4, -0.2) is 117 Å².